The van der Waals surface area contributed by atoms with Gasteiger partial charge in [-0.05, 0) is 5.92 Å². The van der Waals surface area contributed by atoms with Crippen molar-refractivity contribution >= 4 is 5.91 Å². The molecule has 1 heterocycles. The zero-order chi connectivity index (χ0) is 10.0. The van der Waals surface area contributed by atoms with Crippen molar-refractivity contribution in [2.75, 3.05) is 0 Å². The van der Waals surface area contributed by atoms with Crippen molar-refractivity contribution in [2.24, 2.45) is 5.92 Å². The number of piperidine rings is 1. The van der Waals surface area contributed by atoms with Crippen molar-refractivity contribution in [1.29, 1.82) is 0 Å². The van der Waals surface area contributed by atoms with Crippen LogP contribution in [0.15, 0.2) is 0 Å². The summed E-state index contributed by atoms with van der Waals surface area (Å²) < 4.78 is 0. The van der Waals surface area contributed by atoms with E-state index in [0.29, 0.717) is 6.42 Å². The van der Waals surface area contributed by atoms with Gasteiger partial charge in [-0.1, -0.05) is 13.8 Å². The normalized spacial score (nSPS) is 28.7. The fraction of sp³-hybridized carbons (Fsp3) is 0.875. The molecular weight excluding hydrogens is 172 g/mol. The highest BCUT2D eigenvalue weighted by molar-refractivity contribution is 5.77. The largest absolute Gasteiger partial charge is 0.346 e. The smallest absolute Gasteiger partial charge is 0.233 e. The summed E-state index contributed by atoms with van der Waals surface area (Å²) >= 11 is 0. The third kappa shape index (κ3) is 2.17. The summed E-state index contributed by atoms with van der Waals surface area (Å²) in [6.07, 6.45) is 0.635. The Bertz CT molecular complexity index is 227. The van der Waals surface area contributed by atoms with Gasteiger partial charge < -0.3 is 5.32 Å². The third-order valence-corrected chi connectivity index (χ3v) is 2.40. The van der Waals surface area contributed by atoms with E-state index in [0.717, 1.165) is 0 Å². The molecule has 0 bridgehead atoms. The molecule has 0 aromatic heterocycles. The van der Waals surface area contributed by atoms with E-state index in [1.807, 2.05) is 13.8 Å². The van der Waals surface area contributed by atoms with Gasteiger partial charge >= 0.3 is 0 Å². The average Bonchev–Trinajstić information content (AvgIpc) is 2.03. The molecular formula is C8H14N2O3. The Labute approximate surface area is 76.7 Å². The Morgan fingerprint density at radius 3 is 2.69 bits per heavy atom. The van der Waals surface area contributed by atoms with Crippen LogP contribution in [0.4, 0.5) is 0 Å². The van der Waals surface area contributed by atoms with Crippen molar-refractivity contribution in [1.82, 2.24) is 5.32 Å². The summed E-state index contributed by atoms with van der Waals surface area (Å²) in [6, 6.07) is -0.922. The van der Waals surface area contributed by atoms with Gasteiger partial charge in [-0.2, -0.15) is 0 Å². The molecule has 1 N–H and O–H groups in total. The zero-order valence-electron chi connectivity index (χ0n) is 7.82. The van der Waals surface area contributed by atoms with Gasteiger partial charge in [-0.3, -0.25) is 14.9 Å². The van der Waals surface area contributed by atoms with Crippen LogP contribution in [-0.2, 0) is 4.79 Å². The van der Waals surface area contributed by atoms with Crippen LogP contribution in [0, 0.1) is 16.0 Å². The van der Waals surface area contributed by atoms with Crippen molar-refractivity contribution in [2.45, 2.75) is 38.8 Å². The molecule has 0 aromatic rings. The molecule has 13 heavy (non-hydrogen) atoms. The van der Waals surface area contributed by atoms with E-state index < -0.39 is 6.04 Å². The first-order valence-corrected chi connectivity index (χ1v) is 4.45. The van der Waals surface area contributed by atoms with E-state index in [1.165, 1.54) is 0 Å². The van der Waals surface area contributed by atoms with Gasteiger partial charge in [0.2, 0.25) is 11.9 Å². The number of hydrogen-bond acceptors (Lipinski definition) is 3. The molecule has 1 fully saturated rings. The van der Waals surface area contributed by atoms with E-state index in [2.05, 4.69) is 5.32 Å². The molecule has 2 atom stereocenters. The summed E-state index contributed by atoms with van der Waals surface area (Å²) in [5.41, 5.74) is 0. The Morgan fingerprint density at radius 1 is 1.62 bits per heavy atom. The van der Waals surface area contributed by atoms with Gasteiger partial charge in [0.15, 0.2) is 0 Å². The monoisotopic (exact) mass is 186 g/mol. The fourth-order valence-electron chi connectivity index (χ4n) is 1.66. The Kier molecular flexibility index (Phi) is 2.85. The number of nitrogens with one attached hydrogen (secondary N) is 1. The van der Waals surface area contributed by atoms with Crippen molar-refractivity contribution < 1.29 is 9.72 Å². The van der Waals surface area contributed by atoms with Crippen molar-refractivity contribution in [3.05, 3.63) is 10.1 Å². The minimum atomic E-state index is -0.613. The molecule has 1 aliphatic heterocycles. The highest BCUT2D eigenvalue weighted by Gasteiger charge is 2.38. The number of nitro groups is 1. The molecule has 0 spiro atoms. The van der Waals surface area contributed by atoms with Crippen LogP contribution in [0.3, 0.4) is 0 Å². The minimum absolute atomic E-state index is 0.0724. The highest BCUT2D eigenvalue weighted by atomic mass is 16.6. The van der Waals surface area contributed by atoms with Gasteiger partial charge in [0.1, 0.15) is 0 Å². The second-order valence-electron chi connectivity index (χ2n) is 3.73. The molecule has 0 unspecified atom stereocenters. The molecule has 1 amide bonds. The average molecular weight is 186 g/mol. The SMILES string of the molecule is CC(C)[C@@H]1NC(=O)CC[C@@H]1[N+](=O)[O-]. The lowest BCUT2D eigenvalue weighted by Crippen LogP contribution is -2.53. The van der Waals surface area contributed by atoms with E-state index >= 15 is 0 Å². The summed E-state index contributed by atoms with van der Waals surface area (Å²) in [5, 5.41) is 13.3. The molecule has 0 saturated carbocycles. The van der Waals surface area contributed by atoms with Crippen LogP contribution in [0.2, 0.25) is 0 Å². The predicted molar refractivity (Wildman–Crippen MR) is 46.8 cm³/mol. The topological polar surface area (TPSA) is 72.2 Å². The number of rotatable bonds is 2. The quantitative estimate of drug-likeness (QED) is 0.506. The molecule has 0 aliphatic carbocycles. The van der Waals surface area contributed by atoms with Gasteiger partial charge in [-0.15, -0.1) is 0 Å². The fourth-order valence-corrected chi connectivity index (χ4v) is 1.66. The molecule has 5 heteroatoms. The van der Waals surface area contributed by atoms with Gasteiger partial charge in [0.25, 0.3) is 0 Å². The molecule has 1 aliphatic rings. The summed E-state index contributed by atoms with van der Waals surface area (Å²) in [5.74, 6) is 0.0384. The van der Waals surface area contributed by atoms with Gasteiger partial charge in [-0.25, -0.2) is 0 Å². The second-order valence-corrected chi connectivity index (χ2v) is 3.73. The molecule has 1 rings (SSSR count). The predicted octanol–water partition coefficient (Wildman–Crippen LogP) is 0.566. The van der Waals surface area contributed by atoms with Crippen molar-refractivity contribution in [3.8, 4) is 0 Å². The van der Waals surface area contributed by atoms with E-state index in [-0.39, 0.29) is 29.2 Å². The van der Waals surface area contributed by atoms with Crippen LogP contribution >= 0.6 is 0 Å². The van der Waals surface area contributed by atoms with Gasteiger partial charge in [0, 0.05) is 17.8 Å². The van der Waals surface area contributed by atoms with Crippen LogP contribution in [0.25, 0.3) is 0 Å². The summed E-state index contributed by atoms with van der Waals surface area (Å²) in [6.45, 7) is 3.76. The molecule has 0 radical (unpaired) electrons. The second kappa shape index (κ2) is 3.72. The van der Waals surface area contributed by atoms with E-state index in [4.69, 9.17) is 0 Å². The maximum absolute atomic E-state index is 11.0. The first-order chi connectivity index (χ1) is 6.02. The van der Waals surface area contributed by atoms with E-state index in [9.17, 15) is 14.9 Å². The lowest BCUT2D eigenvalue weighted by molar-refractivity contribution is -0.530. The van der Waals surface area contributed by atoms with Crippen LogP contribution < -0.4 is 5.32 Å². The molecule has 0 aromatic carbocycles. The first-order valence-electron chi connectivity index (χ1n) is 4.45. The molecule has 5 nitrogen and oxygen atoms in total. The lowest BCUT2D eigenvalue weighted by Gasteiger charge is -2.29. The number of carbonyl (C=O) groups is 1. The Hall–Kier alpha value is -1.13. The highest BCUT2D eigenvalue weighted by Crippen LogP contribution is 2.18. The van der Waals surface area contributed by atoms with Crippen LogP contribution in [0.1, 0.15) is 26.7 Å². The lowest BCUT2D eigenvalue weighted by atomic mass is 9.90. The third-order valence-electron chi connectivity index (χ3n) is 2.40. The number of hydrogen-bond donors (Lipinski definition) is 1. The summed E-state index contributed by atoms with van der Waals surface area (Å²) in [7, 11) is 0. The number of amides is 1. The minimum Gasteiger partial charge on any atom is -0.346 e. The molecule has 74 valence electrons. The standard InChI is InChI=1S/C8H14N2O3/c1-5(2)8-6(10(12)13)3-4-7(11)9-8/h5-6,8H,3-4H2,1-2H3,(H,9,11)/t6-,8-/m0/s1. The Balaban J connectivity index is 2.71. The molecule has 1 saturated heterocycles. The number of carbonyl (C=O) groups excluding carboxylic acids is 1. The maximum atomic E-state index is 11.0. The first kappa shape index (κ1) is 9.95. The maximum Gasteiger partial charge on any atom is 0.233 e. The van der Waals surface area contributed by atoms with Gasteiger partial charge in [0.05, 0.1) is 6.04 Å². The Morgan fingerprint density at radius 2 is 2.23 bits per heavy atom. The van der Waals surface area contributed by atoms with Crippen LogP contribution in [0.5, 0.6) is 0 Å². The van der Waals surface area contributed by atoms with Crippen molar-refractivity contribution in [3.63, 3.8) is 0 Å². The summed E-state index contributed by atoms with van der Waals surface area (Å²) in [4.78, 5) is 21.4. The zero-order valence-corrected chi connectivity index (χ0v) is 7.82. The number of nitrogens with zero attached hydrogens (tertiary/aromatic N) is 1. The van der Waals surface area contributed by atoms with Crippen LogP contribution in [-0.4, -0.2) is 22.9 Å². The van der Waals surface area contributed by atoms with E-state index in [1.54, 1.807) is 0 Å².